The predicted molar refractivity (Wildman–Crippen MR) is 77.7 cm³/mol. The number of nitrogens with one attached hydrogen (secondary N) is 1. The molecule has 3 aliphatic heterocycles. The topological polar surface area (TPSA) is 84.5 Å². The maximum atomic E-state index is 11.9. The Kier molecular flexibility index (Phi) is 4.80. The van der Waals surface area contributed by atoms with Crippen molar-refractivity contribution < 1.29 is 33.2 Å². The van der Waals surface area contributed by atoms with E-state index < -0.39 is 18.4 Å². The average molecular weight is 331 g/mol. The molecule has 8 heteroatoms. The molecule has 6 atom stereocenters. The first-order valence-electron chi connectivity index (χ1n) is 7.85. The Morgan fingerprint density at radius 3 is 2.65 bits per heavy atom. The van der Waals surface area contributed by atoms with Gasteiger partial charge in [-0.05, 0) is 0 Å². The van der Waals surface area contributed by atoms with Crippen LogP contribution in [0.5, 0.6) is 0 Å². The van der Waals surface area contributed by atoms with Gasteiger partial charge in [0.05, 0.1) is 18.3 Å². The van der Waals surface area contributed by atoms with Gasteiger partial charge in [0.2, 0.25) is 0 Å². The molecule has 3 saturated heterocycles. The summed E-state index contributed by atoms with van der Waals surface area (Å²) in [4.78, 5) is 11.9. The van der Waals surface area contributed by atoms with Gasteiger partial charge in [0.1, 0.15) is 25.6 Å². The summed E-state index contributed by atoms with van der Waals surface area (Å²) in [5.74, 6) is 0. The van der Waals surface area contributed by atoms with E-state index in [1.165, 1.54) is 0 Å². The van der Waals surface area contributed by atoms with E-state index in [1.54, 1.807) is 14.2 Å². The lowest BCUT2D eigenvalue weighted by Crippen LogP contribution is -2.68. The van der Waals surface area contributed by atoms with Crippen LogP contribution >= 0.6 is 0 Å². The SMILES string of the molecule is CO[C@@H]1COC(=O)N[C@H]2OCO[C@H]3[C@@H]2O[C@H](C1)C(C)(C)[C@@H]3OC. The molecule has 0 aromatic carbocycles. The second-order valence-corrected chi connectivity index (χ2v) is 6.74. The molecule has 1 amide bonds. The number of rotatable bonds is 2. The summed E-state index contributed by atoms with van der Waals surface area (Å²) in [6, 6.07) is 0. The third-order valence-electron chi connectivity index (χ3n) is 5.04. The van der Waals surface area contributed by atoms with Crippen molar-refractivity contribution in [2.75, 3.05) is 27.6 Å². The van der Waals surface area contributed by atoms with Crippen molar-refractivity contribution in [3.63, 3.8) is 0 Å². The fourth-order valence-electron chi connectivity index (χ4n) is 3.65. The minimum atomic E-state index is -0.628. The lowest BCUT2D eigenvalue weighted by atomic mass is 9.72. The van der Waals surface area contributed by atoms with Crippen LogP contribution in [0.3, 0.4) is 0 Å². The van der Waals surface area contributed by atoms with Gasteiger partial charge in [-0.15, -0.1) is 0 Å². The minimum Gasteiger partial charge on any atom is -0.447 e. The van der Waals surface area contributed by atoms with Gasteiger partial charge in [0, 0.05) is 26.1 Å². The number of hydrogen-bond acceptors (Lipinski definition) is 7. The highest BCUT2D eigenvalue weighted by atomic mass is 16.7. The van der Waals surface area contributed by atoms with Crippen molar-refractivity contribution in [3.05, 3.63) is 0 Å². The van der Waals surface area contributed by atoms with Gasteiger partial charge in [0.15, 0.2) is 6.23 Å². The van der Waals surface area contributed by atoms with Gasteiger partial charge in [-0.2, -0.15) is 0 Å². The van der Waals surface area contributed by atoms with Crippen LogP contribution in [0, 0.1) is 5.41 Å². The predicted octanol–water partition coefficient (Wildman–Crippen LogP) is 0.639. The molecule has 8 nitrogen and oxygen atoms in total. The maximum Gasteiger partial charge on any atom is 0.409 e. The molecular weight excluding hydrogens is 306 g/mol. The van der Waals surface area contributed by atoms with Gasteiger partial charge in [-0.1, -0.05) is 13.8 Å². The number of fused-ring (bicyclic) bond motifs is 1. The van der Waals surface area contributed by atoms with Crippen molar-refractivity contribution in [2.24, 2.45) is 5.41 Å². The number of cyclic esters (lactones) is 1. The number of methoxy groups -OCH3 is 2. The summed E-state index contributed by atoms with van der Waals surface area (Å²) in [5.41, 5.74) is -0.294. The Morgan fingerprint density at radius 1 is 1.17 bits per heavy atom. The summed E-state index contributed by atoms with van der Waals surface area (Å²) in [6.45, 7) is 4.41. The van der Waals surface area contributed by atoms with Gasteiger partial charge < -0.3 is 28.4 Å². The van der Waals surface area contributed by atoms with E-state index in [0.717, 1.165) is 0 Å². The number of amides is 1. The highest BCUT2D eigenvalue weighted by Crippen LogP contribution is 2.43. The van der Waals surface area contributed by atoms with E-state index in [1.807, 2.05) is 0 Å². The fraction of sp³-hybridized carbons (Fsp3) is 0.933. The molecule has 3 aliphatic rings. The molecule has 2 bridgehead atoms. The number of carbonyl (C=O) groups excluding carboxylic acids is 1. The summed E-state index contributed by atoms with van der Waals surface area (Å²) in [7, 11) is 3.26. The molecule has 0 aromatic rings. The van der Waals surface area contributed by atoms with Crippen LogP contribution in [-0.2, 0) is 28.4 Å². The standard InChI is InChI=1S/C15H25NO7/c1-15(2)9-5-8(18-3)6-20-14(17)16-13-11(23-9)10(12(15)19-4)21-7-22-13/h8-13H,5-7H2,1-4H3,(H,16,17)/t8-,9+,10-,11-,12+,13-/m0/s1. The Morgan fingerprint density at radius 2 is 1.96 bits per heavy atom. The van der Waals surface area contributed by atoms with Crippen molar-refractivity contribution in [2.45, 2.75) is 57.0 Å². The first kappa shape index (κ1) is 16.9. The van der Waals surface area contributed by atoms with E-state index in [0.29, 0.717) is 6.42 Å². The monoisotopic (exact) mass is 331 g/mol. The highest BCUT2D eigenvalue weighted by molar-refractivity contribution is 5.67. The van der Waals surface area contributed by atoms with Crippen LogP contribution in [0.4, 0.5) is 4.79 Å². The number of ether oxygens (including phenoxy) is 6. The zero-order valence-corrected chi connectivity index (χ0v) is 13.9. The Labute approximate surface area is 135 Å². The molecule has 132 valence electrons. The molecule has 1 N–H and O–H groups in total. The number of carbonyl (C=O) groups is 1. The molecule has 3 rings (SSSR count). The van der Waals surface area contributed by atoms with Crippen LogP contribution in [-0.4, -0.2) is 70.5 Å². The molecule has 0 saturated carbocycles. The van der Waals surface area contributed by atoms with Crippen LogP contribution in [0.15, 0.2) is 0 Å². The molecule has 0 spiro atoms. The third-order valence-corrected chi connectivity index (χ3v) is 5.04. The van der Waals surface area contributed by atoms with Crippen molar-refractivity contribution in [1.29, 1.82) is 0 Å². The van der Waals surface area contributed by atoms with E-state index in [9.17, 15) is 4.79 Å². The largest absolute Gasteiger partial charge is 0.447 e. The van der Waals surface area contributed by atoms with Crippen LogP contribution < -0.4 is 5.32 Å². The number of alkyl carbamates (subject to hydrolysis) is 1. The van der Waals surface area contributed by atoms with Crippen molar-refractivity contribution in [1.82, 2.24) is 5.32 Å². The molecule has 0 aliphatic carbocycles. The smallest absolute Gasteiger partial charge is 0.409 e. The molecule has 3 fully saturated rings. The second kappa shape index (κ2) is 6.52. The van der Waals surface area contributed by atoms with Crippen molar-refractivity contribution >= 4 is 6.09 Å². The van der Waals surface area contributed by atoms with E-state index in [4.69, 9.17) is 28.4 Å². The lowest BCUT2D eigenvalue weighted by molar-refractivity contribution is -0.332. The molecule has 0 aromatic heterocycles. The van der Waals surface area contributed by atoms with Crippen LogP contribution in [0.1, 0.15) is 20.3 Å². The molecule has 0 unspecified atom stereocenters. The number of hydrogen-bond donors (Lipinski definition) is 1. The Balaban J connectivity index is 1.93. The first-order chi connectivity index (χ1) is 11.0. The van der Waals surface area contributed by atoms with E-state index in [-0.39, 0.29) is 43.2 Å². The molecule has 3 heterocycles. The Hall–Kier alpha value is -0.930. The fourth-order valence-corrected chi connectivity index (χ4v) is 3.65. The van der Waals surface area contributed by atoms with E-state index in [2.05, 4.69) is 19.2 Å². The van der Waals surface area contributed by atoms with E-state index >= 15 is 0 Å². The lowest BCUT2D eigenvalue weighted by Gasteiger charge is -2.54. The highest BCUT2D eigenvalue weighted by Gasteiger charge is 2.56. The normalized spacial score (nSPS) is 43.2. The zero-order valence-electron chi connectivity index (χ0n) is 13.9. The quantitative estimate of drug-likeness (QED) is 0.795. The summed E-state index contributed by atoms with van der Waals surface area (Å²) < 4.78 is 33.9. The minimum absolute atomic E-state index is 0.0662. The Bertz CT molecular complexity index is 444. The van der Waals surface area contributed by atoms with Gasteiger partial charge in [-0.3, -0.25) is 5.32 Å². The summed E-state index contributed by atoms with van der Waals surface area (Å²) >= 11 is 0. The average Bonchev–Trinajstić information content (AvgIpc) is 2.52. The van der Waals surface area contributed by atoms with Gasteiger partial charge in [-0.25, -0.2) is 4.79 Å². The van der Waals surface area contributed by atoms with Crippen LogP contribution in [0.25, 0.3) is 0 Å². The maximum absolute atomic E-state index is 11.9. The molecule has 0 radical (unpaired) electrons. The van der Waals surface area contributed by atoms with Crippen molar-refractivity contribution in [3.8, 4) is 0 Å². The second-order valence-electron chi connectivity index (χ2n) is 6.74. The summed E-state index contributed by atoms with van der Waals surface area (Å²) in [6.07, 6.45) is -1.97. The zero-order chi connectivity index (χ0) is 16.6. The summed E-state index contributed by atoms with van der Waals surface area (Å²) in [5, 5.41) is 2.69. The van der Waals surface area contributed by atoms with Gasteiger partial charge in [0.25, 0.3) is 0 Å². The first-order valence-corrected chi connectivity index (χ1v) is 7.85. The third kappa shape index (κ3) is 3.06. The molecule has 23 heavy (non-hydrogen) atoms. The van der Waals surface area contributed by atoms with Crippen LogP contribution in [0.2, 0.25) is 0 Å². The molecular formula is C15H25NO7. The van der Waals surface area contributed by atoms with Gasteiger partial charge >= 0.3 is 6.09 Å².